The zero-order valence-electron chi connectivity index (χ0n) is 20.8. The summed E-state index contributed by atoms with van der Waals surface area (Å²) in [5, 5.41) is 18.1. The van der Waals surface area contributed by atoms with Crippen LogP contribution in [0.1, 0.15) is 58.6 Å². The van der Waals surface area contributed by atoms with Crippen LogP contribution >= 0.6 is 11.6 Å². The predicted octanol–water partition coefficient (Wildman–Crippen LogP) is 4.83. The molecule has 2 aromatic rings. The van der Waals surface area contributed by atoms with E-state index in [1.54, 1.807) is 19.2 Å². The van der Waals surface area contributed by atoms with Crippen molar-refractivity contribution in [3.63, 3.8) is 0 Å². The van der Waals surface area contributed by atoms with Gasteiger partial charge in [0.15, 0.2) is 5.82 Å². The lowest BCUT2D eigenvalue weighted by Gasteiger charge is -2.26. The normalized spacial score (nSPS) is 26.2. The molecule has 4 unspecified atom stereocenters. The highest BCUT2D eigenvalue weighted by Crippen LogP contribution is 2.48. The van der Waals surface area contributed by atoms with Gasteiger partial charge >= 0.3 is 0 Å². The van der Waals surface area contributed by atoms with Crippen molar-refractivity contribution in [1.29, 1.82) is 0 Å². The molecule has 4 N–H and O–H groups in total. The number of halogens is 2. The van der Waals surface area contributed by atoms with E-state index >= 15 is 0 Å². The van der Waals surface area contributed by atoms with Crippen molar-refractivity contribution in [3.05, 3.63) is 41.1 Å². The van der Waals surface area contributed by atoms with Crippen LogP contribution in [0.15, 0.2) is 34.6 Å². The number of hydrazone groups is 1. The standard InChI is InChI=1S/C25H32ClFN6O3/c1-5-14(22-17(34)10-18(35-22)24(33-28)36-19-11-25(19,3)4)20-21(29-6-2)23(31-12-30-20)32-16-8-7-13(26)9-15(16)27/h6-9,12,14,17-19,22,34H,5,10-11,28H2,1-4H3,(H,30,31,32)/b29-6?,33-24-/t14?,17-,18?,19?,22?/m1/s1. The number of nitrogens with one attached hydrogen (secondary N) is 1. The predicted molar refractivity (Wildman–Crippen MR) is 138 cm³/mol. The maximum atomic E-state index is 14.5. The molecule has 1 aromatic heterocycles. The summed E-state index contributed by atoms with van der Waals surface area (Å²) in [6.45, 7) is 7.96. The van der Waals surface area contributed by atoms with Gasteiger partial charge in [-0.1, -0.05) is 32.4 Å². The zero-order valence-corrected chi connectivity index (χ0v) is 21.5. The van der Waals surface area contributed by atoms with Crippen LogP contribution in [0.4, 0.5) is 21.6 Å². The number of hydrogen-bond donors (Lipinski definition) is 3. The van der Waals surface area contributed by atoms with Crippen molar-refractivity contribution < 1.29 is 19.0 Å². The number of aromatic nitrogens is 2. The lowest BCUT2D eigenvalue weighted by molar-refractivity contribution is 0.00298. The van der Waals surface area contributed by atoms with Crippen LogP contribution in [0, 0.1) is 11.2 Å². The number of rotatable bonds is 8. The molecule has 0 amide bonds. The lowest BCUT2D eigenvalue weighted by atomic mass is 9.90. The van der Waals surface area contributed by atoms with E-state index in [1.165, 1.54) is 18.5 Å². The number of hydrogen-bond acceptors (Lipinski definition) is 9. The van der Waals surface area contributed by atoms with Crippen molar-refractivity contribution in [2.75, 3.05) is 5.32 Å². The first-order valence-corrected chi connectivity index (χ1v) is 12.4. The summed E-state index contributed by atoms with van der Waals surface area (Å²) in [7, 11) is 0. The summed E-state index contributed by atoms with van der Waals surface area (Å²) in [4.78, 5) is 13.3. The minimum atomic E-state index is -0.800. The van der Waals surface area contributed by atoms with Crippen LogP contribution in [0.25, 0.3) is 0 Å². The Morgan fingerprint density at radius 1 is 1.44 bits per heavy atom. The molecule has 1 aromatic carbocycles. The highest BCUT2D eigenvalue weighted by molar-refractivity contribution is 6.30. The van der Waals surface area contributed by atoms with Gasteiger partial charge < -0.3 is 25.7 Å². The van der Waals surface area contributed by atoms with E-state index in [0.717, 1.165) is 6.42 Å². The van der Waals surface area contributed by atoms with E-state index in [9.17, 15) is 9.50 Å². The molecule has 4 rings (SSSR count). The molecule has 2 heterocycles. The summed E-state index contributed by atoms with van der Waals surface area (Å²) in [5.74, 6) is 5.38. The van der Waals surface area contributed by atoms with Gasteiger partial charge in [-0.3, -0.25) is 4.99 Å². The highest BCUT2D eigenvalue weighted by atomic mass is 35.5. The molecule has 1 aliphatic carbocycles. The number of ether oxygens (including phenoxy) is 2. The van der Waals surface area contributed by atoms with Crippen LogP contribution in [-0.4, -0.2) is 51.6 Å². The highest BCUT2D eigenvalue weighted by Gasteiger charge is 2.51. The molecule has 1 aliphatic heterocycles. The van der Waals surface area contributed by atoms with Gasteiger partial charge in [-0.05, 0) is 38.0 Å². The Balaban J connectivity index is 1.60. The minimum absolute atomic E-state index is 0.0239. The number of anilines is 2. The molecule has 1 saturated heterocycles. The van der Waals surface area contributed by atoms with Gasteiger partial charge in [0.1, 0.15) is 30.0 Å². The van der Waals surface area contributed by atoms with Crippen LogP contribution < -0.4 is 11.2 Å². The Morgan fingerprint density at radius 3 is 2.81 bits per heavy atom. The third kappa shape index (κ3) is 5.45. The van der Waals surface area contributed by atoms with Crippen LogP contribution in [0.5, 0.6) is 0 Å². The average Bonchev–Trinajstić information content (AvgIpc) is 3.26. The molecule has 36 heavy (non-hydrogen) atoms. The average molecular weight is 519 g/mol. The fourth-order valence-electron chi connectivity index (χ4n) is 4.48. The van der Waals surface area contributed by atoms with E-state index in [-0.39, 0.29) is 34.0 Å². The molecule has 11 heteroatoms. The first kappa shape index (κ1) is 26.2. The Hall–Kier alpha value is -2.82. The Morgan fingerprint density at radius 2 is 2.19 bits per heavy atom. The van der Waals surface area contributed by atoms with Gasteiger partial charge in [-0.25, -0.2) is 14.4 Å². The molecule has 2 aliphatic rings. The third-order valence-electron chi connectivity index (χ3n) is 6.73. The number of nitrogens with zero attached hydrogens (tertiary/aromatic N) is 4. The van der Waals surface area contributed by atoms with Gasteiger partial charge in [-0.15, -0.1) is 5.10 Å². The minimum Gasteiger partial charge on any atom is -0.474 e. The Bertz CT molecular complexity index is 1160. The second kappa shape index (κ2) is 10.7. The van der Waals surface area contributed by atoms with Crippen LogP contribution in [0.3, 0.4) is 0 Å². The fraction of sp³-hybridized carbons (Fsp3) is 0.520. The Kier molecular flexibility index (Phi) is 7.77. The van der Waals surface area contributed by atoms with E-state index in [1.807, 2.05) is 6.92 Å². The molecule has 1 saturated carbocycles. The summed E-state index contributed by atoms with van der Waals surface area (Å²) < 4.78 is 26.7. The van der Waals surface area contributed by atoms with Crippen molar-refractivity contribution in [3.8, 4) is 0 Å². The van der Waals surface area contributed by atoms with Gasteiger partial charge in [0.25, 0.3) is 0 Å². The van der Waals surface area contributed by atoms with Crippen molar-refractivity contribution in [2.24, 2.45) is 21.4 Å². The number of aliphatic hydroxyl groups is 1. The quantitative estimate of drug-likeness (QED) is 0.197. The maximum absolute atomic E-state index is 14.5. The maximum Gasteiger partial charge on any atom is 0.235 e. The zero-order chi connectivity index (χ0) is 26.0. The number of aliphatic hydroxyl groups excluding tert-OH is 1. The van der Waals surface area contributed by atoms with E-state index in [0.29, 0.717) is 30.0 Å². The van der Waals surface area contributed by atoms with Gasteiger partial charge in [-0.2, -0.15) is 0 Å². The van der Waals surface area contributed by atoms with Gasteiger partial charge in [0.05, 0.1) is 23.6 Å². The summed E-state index contributed by atoms with van der Waals surface area (Å²) in [6.07, 6.45) is 2.84. The lowest BCUT2D eigenvalue weighted by Crippen LogP contribution is -2.30. The fourth-order valence-corrected chi connectivity index (χ4v) is 4.64. The molecular weight excluding hydrogens is 487 g/mol. The molecule has 194 valence electrons. The molecule has 5 atom stereocenters. The molecular formula is C25H32ClFN6O3. The monoisotopic (exact) mass is 518 g/mol. The topological polar surface area (TPSA) is 127 Å². The van der Waals surface area contributed by atoms with Gasteiger partial charge in [0, 0.05) is 29.0 Å². The third-order valence-corrected chi connectivity index (χ3v) is 6.96. The second-order valence-electron chi connectivity index (χ2n) is 9.77. The van der Waals surface area contributed by atoms with Crippen molar-refractivity contribution >= 4 is 40.9 Å². The van der Waals surface area contributed by atoms with Gasteiger partial charge in [0.2, 0.25) is 5.90 Å². The number of nitrogens with two attached hydrogens (primary N) is 1. The largest absolute Gasteiger partial charge is 0.474 e. The summed E-state index contributed by atoms with van der Waals surface area (Å²) >= 11 is 5.88. The Labute approximate surface area is 215 Å². The summed E-state index contributed by atoms with van der Waals surface area (Å²) in [5.41, 5.74) is 1.28. The first-order valence-electron chi connectivity index (χ1n) is 12.0. The van der Waals surface area contributed by atoms with Crippen LogP contribution in [0.2, 0.25) is 5.02 Å². The molecule has 0 bridgehead atoms. The molecule has 9 nitrogen and oxygen atoms in total. The molecule has 0 spiro atoms. The number of benzene rings is 1. The van der Waals surface area contributed by atoms with Crippen molar-refractivity contribution in [2.45, 2.75) is 77.3 Å². The summed E-state index contributed by atoms with van der Waals surface area (Å²) in [6, 6.07) is 4.32. The van der Waals surface area contributed by atoms with E-state index in [2.05, 4.69) is 39.2 Å². The SMILES string of the molecule is CC=Nc1c(Nc2ccc(Cl)cc2F)ncnc1C(CC)C1OC(/C(=N/N)OC2CC2(C)C)C[C@H]1O. The first-order chi connectivity index (χ1) is 17.2. The van der Waals surface area contributed by atoms with Crippen molar-refractivity contribution in [1.82, 2.24) is 9.97 Å². The number of aliphatic imine (C=N–C) groups is 1. The second-order valence-corrected chi connectivity index (χ2v) is 10.2. The molecule has 0 radical (unpaired) electrons. The van der Waals surface area contributed by atoms with Crippen LogP contribution in [-0.2, 0) is 9.47 Å². The smallest absolute Gasteiger partial charge is 0.235 e. The van der Waals surface area contributed by atoms with E-state index in [4.69, 9.17) is 26.9 Å². The van der Waals surface area contributed by atoms with E-state index < -0.39 is 24.1 Å². The molecule has 2 fully saturated rings.